The van der Waals surface area contributed by atoms with E-state index in [1.807, 2.05) is 0 Å². The number of nitrogens with one attached hydrogen (secondary N) is 1. The third-order valence-electron chi connectivity index (χ3n) is 2.10. The summed E-state index contributed by atoms with van der Waals surface area (Å²) in [6, 6.07) is 6.75. The smallest absolute Gasteiger partial charge is 0.298 e. The zero-order valence-corrected chi connectivity index (χ0v) is 12.7. The Bertz CT molecular complexity index is 625. The molecule has 0 saturated heterocycles. The second-order valence-electron chi connectivity index (χ2n) is 3.28. The number of aromatic nitrogens is 2. The molecule has 0 atom stereocenters. The number of hydrogen-bond donors (Lipinski definition) is 1. The Morgan fingerprint density at radius 1 is 1.15 bits per heavy atom. The Hall–Kier alpha value is -1.27. The maximum absolute atomic E-state index is 10.4. The van der Waals surface area contributed by atoms with Gasteiger partial charge in [0.15, 0.2) is 16.7 Å². The maximum atomic E-state index is 10.4. The van der Waals surface area contributed by atoms with Gasteiger partial charge >= 0.3 is 0 Å². The fourth-order valence-corrected chi connectivity index (χ4v) is 1.84. The van der Waals surface area contributed by atoms with Crippen LogP contribution in [0.15, 0.2) is 24.3 Å². The van der Waals surface area contributed by atoms with Gasteiger partial charge in [0.25, 0.3) is 6.47 Å². The molecule has 0 spiro atoms. The van der Waals surface area contributed by atoms with Gasteiger partial charge in [-0.05, 0) is 23.7 Å². The van der Waals surface area contributed by atoms with Crippen molar-refractivity contribution in [3.63, 3.8) is 0 Å². The minimum absolute atomic E-state index is 0. The van der Waals surface area contributed by atoms with Crippen molar-refractivity contribution in [2.75, 3.05) is 5.32 Å². The Kier molecular flexibility index (Phi) is 6.29. The summed E-state index contributed by atoms with van der Waals surface area (Å²) in [6.07, 6.45) is 0. The molecule has 2 rings (SSSR count). The minimum Gasteiger partial charge on any atom is -0.427 e. The lowest BCUT2D eigenvalue weighted by Crippen LogP contribution is -2.00. The molecule has 0 bridgehead atoms. The van der Waals surface area contributed by atoms with Crippen molar-refractivity contribution in [3.05, 3.63) is 39.7 Å². The average Bonchev–Trinajstić information content (AvgIpc) is 2.38. The molecule has 2 aromatic rings. The Balaban J connectivity index is 0.00000200. The first-order valence-electron chi connectivity index (χ1n) is 4.96. The first-order chi connectivity index (χ1) is 9.11. The molecule has 1 N–H and O–H groups in total. The van der Waals surface area contributed by atoms with Crippen molar-refractivity contribution in [1.82, 2.24) is 9.97 Å². The molecule has 0 radical (unpaired) electrons. The number of carbonyl (C=O) groups is 1. The number of benzene rings is 1. The van der Waals surface area contributed by atoms with Crippen LogP contribution in [-0.4, -0.2) is 16.4 Å². The van der Waals surface area contributed by atoms with Crippen molar-refractivity contribution < 1.29 is 9.53 Å². The van der Waals surface area contributed by atoms with Gasteiger partial charge in [-0.15, -0.1) is 12.4 Å². The van der Waals surface area contributed by atoms with Crippen LogP contribution >= 0.6 is 47.2 Å². The molecule has 106 valence electrons. The quantitative estimate of drug-likeness (QED) is 0.508. The predicted octanol–water partition coefficient (Wildman–Crippen LogP) is 4.14. The van der Waals surface area contributed by atoms with E-state index in [1.54, 1.807) is 24.3 Å². The van der Waals surface area contributed by atoms with E-state index in [-0.39, 0.29) is 33.7 Å². The Morgan fingerprint density at radius 3 is 2.55 bits per heavy atom. The second-order valence-corrected chi connectivity index (χ2v) is 4.36. The fourth-order valence-electron chi connectivity index (χ4n) is 1.33. The largest absolute Gasteiger partial charge is 0.427 e. The molecule has 5 nitrogen and oxygen atoms in total. The van der Waals surface area contributed by atoms with Crippen LogP contribution in [-0.2, 0) is 4.79 Å². The molecule has 0 saturated carbocycles. The third-order valence-corrected chi connectivity index (χ3v) is 3.00. The van der Waals surface area contributed by atoms with Crippen molar-refractivity contribution >= 4 is 65.2 Å². The van der Waals surface area contributed by atoms with Crippen LogP contribution in [0.3, 0.4) is 0 Å². The summed E-state index contributed by atoms with van der Waals surface area (Å²) in [5.41, 5.74) is 0.488. The van der Waals surface area contributed by atoms with Crippen LogP contribution in [0.4, 0.5) is 11.5 Å². The molecule has 20 heavy (non-hydrogen) atoms. The van der Waals surface area contributed by atoms with E-state index in [0.29, 0.717) is 17.9 Å². The van der Waals surface area contributed by atoms with Gasteiger partial charge in [0.2, 0.25) is 5.28 Å². The Labute approximate surface area is 135 Å². The van der Waals surface area contributed by atoms with Crippen molar-refractivity contribution in [3.8, 4) is 5.75 Å². The highest BCUT2D eigenvalue weighted by molar-refractivity contribution is 6.43. The van der Waals surface area contributed by atoms with E-state index in [0.717, 1.165) is 0 Å². The monoisotopic (exact) mass is 353 g/mol. The van der Waals surface area contributed by atoms with Crippen molar-refractivity contribution in [2.24, 2.45) is 0 Å². The number of anilines is 2. The van der Waals surface area contributed by atoms with Gasteiger partial charge in [0.05, 0.1) is 5.69 Å². The molecule has 1 aromatic carbocycles. The highest BCUT2D eigenvalue weighted by Crippen LogP contribution is 2.33. The van der Waals surface area contributed by atoms with Crippen LogP contribution in [0.1, 0.15) is 0 Å². The van der Waals surface area contributed by atoms with Crippen LogP contribution < -0.4 is 10.1 Å². The summed E-state index contributed by atoms with van der Waals surface area (Å²) < 4.78 is 4.81. The molecule has 1 heterocycles. The summed E-state index contributed by atoms with van der Waals surface area (Å²) in [5.74, 6) is 0.535. The summed E-state index contributed by atoms with van der Waals surface area (Å²) in [5, 5.41) is 2.96. The van der Waals surface area contributed by atoms with E-state index < -0.39 is 0 Å². The summed E-state index contributed by atoms with van der Waals surface area (Å²) in [4.78, 5) is 18.0. The average molecular weight is 355 g/mol. The van der Waals surface area contributed by atoms with Gasteiger partial charge in [-0.1, -0.05) is 35.3 Å². The summed E-state index contributed by atoms with van der Waals surface area (Å²) in [6.45, 7) is 0.321. The highest BCUT2D eigenvalue weighted by Gasteiger charge is 2.12. The van der Waals surface area contributed by atoms with E-state index in [9.17, 15) is 4.79 Å². The number of ether oxygens (including phenoxy) is 1. The van der Waals surface area contributed by atoms with E-state index in [4.69, 9.17) is 39.5 Å². The van der Waals surface area contributed by atoms with Crippen LogP contribution in [0.5, 0.6) is 5.75 Å². The number of hydrogen-bond acceptors (Lipinski definition) is 5. The number of carbonyl (C=O) groups excluding carboxylic acids is 1. The molecule has 0 fully saturated rings. The SMILES string of the molecule is Cl.O=COc1ccccc1Nc1nc(Cl)nc(Cl)c1Cl. The molecule has 1 aromatic heterocycles. The lowest BCUT2D eigenvalue weighted by atomic mass is 10.3. The normalized spacial score (nSPS) is 9.55. The number of rotatable bonds is 4. The maximum Gasteiger partial charge on any atom is 0.298 e. The molecular weight excluding hydrogens is 348 g/mol. The Morgan fingerprint density at radius 2 is 1.85 bits per heavy atom. The molecular formula is C11H7Cl4N3O2. The van der Waals surface area contributed by atoms with Crippen molar-refractivity contribution in [1.29, 1.82) is 0 Å². The molecule has 9 heteroatoms. The van der Waals surface area contributed by atoms with Crippen LogP contribution in [0, 0.1) is 0 Å². The van der Waals surface area contributed by atoms with Gasteiger partial charge in [-0.25, -0.2) is 4.98 Å². The molecule has 0 unspecified atom stereocenters. The lowest BCUT2D eigenvalue weighted by Gasteiger charge is -2.11. The zero-order chi connectivity index (χ0) is 13.8. The second kappa shape index (κ2) is 7.50. The van der Waals surface area contributed by atoms with Gasteiger partial charge in [-0.3, -0.25) is 4.79 Å². The predicted molar refractivity (Wildman–Crippen MR) is 80.7 cm³/mol. The highest BCUT2D eigenvalue weighted by atomic mass is 35.5. The van der Waals surface area contributed by atoms with E-state index >= 15 is 0 Å². The van der Waals surface area contributed by atoms with Crippen molar-refractivity contribution in [2.45, 2.75) is 0 Å². The van der Waals surface area contributed by atoms with Crippen LogP contribution in [0.25, 0.3) is 0 Å². The third kappa shape index (κ3) is 3.86. The van der Waals surface area contributed by atoms with Crippen LogP contribution in [0.2, 0.25) is 15.5 Å². The fraction of sp³-hybridized carbons (Fsp3) is 0. The topological polar surface area (TPSA) is 64.1 Å². The van der Waals surface area contributed by atoms with Gasteiger partial charge in [0, 0.05) is 0 Å². The number of para-hydroxylation sites is 2. The van der Waals surface area contributed by atoms with Gasteiger partial charge < -0.3 is 10.1 Å². The lowest BCUT2D eigenvalue weighted by molar-refractivity contribution is -0.120. The van der Waals surface area contributed by atoms with Gasteiger partial charge in [-0.2, -0.15) is 4.98 Å². The van der Waals surface area contributed by atoms with Gasteiger partial charge in [0.1, 0.15) is 5.02 Å². The summed E-state index contributed by atoms with van der Waals surface area (Å²) >= 11 is 17.4. The molecule has 0 aliphatic carbocycles. The summed E-state index contributed by atoms with van der Waals surface area (Å²) in [7, 11) is 0. The van der Waals surface area contributed by atoms with E-state index in [2.05, 4.69) is 15.3 Å². The molecule has 0 aliphatic rings. The first kappa shape index (κ1) is 16.8. The number of halogens is 4. The zero-order valence-electron chi connectivity index (χ0n) is 9.64. The number of nitrogens with zero attached hydrogens (tertiary/aromatic N) is 2. The standard InChI is InChI=1S/C11H6Cl3N3O2.ClH/c12-8-9(13)16-11(14)17-10(8)15-6-3-1-2-4-7(6)19-5-18;/h1-5H,(H,15,16,17);1H. The molecule has 0 aliphatic heterocycles. The molecule has 0 amide bonds. The minimum atomic E-state index is -0.0503. The van der Waals surface area contributed by atoms with E-state index in [1.165, 1.54) is 0 Å². The first-order valence-corrected chi connectivity index (χ1v) is 6.10.